The molecule has 0 saturated carbocycles. The van der Waals surface area contributed by atoms with E-state index in [1.165, 1.54) is 16.9 Å². The number of benzene rings is 1. The normalized spacial score (nSPS) is 10.7. The minimum Gasteiger partial charge on any atom is -0.396 e. The first-order valence-electron chi connectivity index (χ1n) is 6.62. The van der Waals surface area contributed by atoms with Gasteiger partial charge in [-0.1, -0.05) is 29.8 Å². The van der Waals surface area contributed by atoms with Gasteiger partial charge in [-0.25, -0.2) is 0 Å². The molecule has 5 heteroatoms. The molecule has 21 heavy (non-hydrogen) atoms. The van der Waals surface area contributed by atoms with Crippen LogP contribution >= 0.6 is 11.3 Å². The van der Waals surface area contributed by atoms with Gasteiger partial charge >= 0.3 is 0 Å². The molecule has 2 aromatic heterocycles. The molecule has 2 heterocycles. The fraction of sp³-hybridized carbons (Fsp3) is 0.125. The number of aryl methyl sites for hydroxylation is 1. The number of amides is 1. The number of rotatable bonds is 3. The maximum atomic E-state index is 12.3. The van der Waals surface area contributed by atoms with Crippen molar-refractivity contribution in [2.24, 2.45) is 0 Å². The van der Waals surface area contributed by atoms with Gasteiger partial charge in [-0.15, -0.1) is 11.3 Å². The van der Waals surface area contributed by atoms with Crippen molar-refractivity contribution in [2.75, 3.05) is 5.73 Å². The quantitative estimate of drug-likeness (QED) is 0.780. The molecule has 4 nitrogen and oxygen atoms in total. The van der Waals surface area contributed by atoms with E-state index in [0.717, 1.165) is 10.3 Å². The summed E-state index contributed by atoms with van der Waals surface area (Å²) in [5.41, 5.74) is 9.42. The standard InChI is InChI=1S/C16H15N3OS/c1-10-4-2-5-11(8-10)9-19-16(20)15-13(17)14-12(21-15)6-3-7-18-14/h2-8H,9,17H2,1H3,(H,19,20). The highest BCUT2D eigenvalue weighted by atomic mass is 32.1. The molecule has 0 aliphatic heterocycles. The third kappa shape index (κ3) is 2.73. The number of hydrogen-bond donors (Lipinski definition) is 2. The second-order valence-corrected chi connectivity index (χ2v) is 5.92. The van der Waals surface area contributed by atoms with Crippen LogP contribution in [0, 0.1) is 6.92 Å². The van der Waals surface area contributed by atoms with E-state index in [2.05, 4.69) is 16.4 Å². The summed E-state index contributed by atoms with van der Waals surface area (Å²) in [7, 11) is 0. The molecule has 3 N–H and O–H groups in total. The Balaban J connectivity index is 1.79. The Morgan fingerprint density at radius 3 is 2.95 bits per heavy atom. The topological polar surface area (TPSA) is 68.0 Å². The van der Waals surface area contributed by atoms with Gasteiger partial charge in [0.05, 0.1) is 10.4 Å². The molecule has 0 spiro atoms. The molecule has 3 aromatic rings. The lowest BCUT2D eigenvalue weighted by atomic mass is 10.1. The Labute approximate surface area is 126 Å². The average molecular weight is 297 g/mol. The van der Waals surface area contributed by atoms with Gasteiger partial charge in [0.15, 0.2) is 0 Å². The number of anilines is 1. The van der Waals surface area contributed by atoms with Crippen molar-refractivity contribution in [1.82, 2.24) is 10.3 Å². The molecule has 3 rings (SSSR count). The van der Waals surface area contributed by atoms with Crippen molar-refractivity contribution in [2.45, 2.75) is 13.5 Å². The van der Waals surface area contributed by atoms with Gasteiger partial charge in [0.25, 0.3) is 5.91 Å². The highest BCUT2D eigenvalue weighted by molar-refractivity contribution is 7.21. The average Bonchev–Trinajstić information content (AvgIpc) is 2.83. The smallest absolute Gasteiger partial charge is 0.263 e. The third-order valence-corrected chi connectivity index (χ3v) is 4.38. The lowest BCUT2D eigenvalue weighted by molar-refractivity contribution is 0.0956. The first kappa shape index (κ1) is 13.6. The van der Waals surface area contributed by atoms with Crippen LogP contribution in [0.1, 0.15) is 20.8 Å². The Bertz CT molecular complexity index is 810. The van der Waals surface area contributed by atoms with Crippen LogP contribution in [0.3, 0.4) is 0 Å². The summed E-state index contributed by atoms with van der Waals surface area (Å²) in [5.74, 6) is -0.156. The summed E-state index contributed by atoms with van der Waals surface area (Å²) < 4.78 is 0.927. The molecular formula is C16H15N3OS. The zero-order valence-corrected chi connectivity index (χ0v) is 12.4. The Morgan fingerprint density at radius 1 is 1.33 bits per heavy atom. The summed E-state index contributed by atoms with van der Waals surface area (Å²) in [6.45, 7) is 2.52. The minimum absolute atomic E-state index is 0.156. The molecule has 0 fully saturated rings. The van der Waals surface area contributed by atoms with Crippen molar-refractivity contribution in [3.8, 4) is 0 Å². The van der Waals surface area contributed by atoms with Crippen LogP contribution in [0.15, 0.2) is 42.6 Å². The first-order valence-corrected chi connectivity index (χ1v) is 7.43. The molecule has 0 aliphatic rings. The molecule has 0 radical (unpaired) electrons. The summed E-state index contributed by atoms with van der Waals surface area (Å²) in [5, 5.41) is 2.91. The number of fused-ring (bicyclic) bond motifs is 1. The summed E-state index contributed by atoms with van der Waals surface area (Å²) in [4.78, 5) is 17.0. The van der Waals surface area contributed by atoms with Gasteiger partial charge < -0.3 is 11.1 Å². The largest absolute Gasteiger partial charge is 0.396 e. The fourth-order valence-corrected chi connectivity index (χ4v) is 3.20. The summed E-state index contributed by atoms with van der Waals surface area (Å²) in [6, 6.07) is 11.8. The molecule has 1 amide bonds. The Kier molecular flexibility index (Phi) is 3.58. The monoisotopic (exact) mass is 297 g/mol. The highest BCUT2D eigenvalue weighted by Gasteiger charge is 2.16. The minimum atomic E-state index is -0.156. The van der Waals surface area contributed by atoms with E-state index in [9.17, 15) is 4.79 Å². The number of carbonyl (C=O) groups is 1. The van der Waals surface area contributed by atoms with E-state index in [1.54, 1.807) is 6.20 Å². The molecule has 0 unspecified atom stereocenters. The predicted octanol–water partition coefficient (Wildman–Crippen LogP) is 3.12. The molecule has 0 bridgehead atoms. The van der Waals surface area contributed by atoms with E-state index in [0.29, 0.717) is 22.6 Å². The number of pyridine rings is 1. The van der Waals surface area contributed by atoms with Crippen molar-refractivity contribution in [3.63, 3.8) is 0 Å². The van der Waals surface area contributed by atoms with Crippen LogP contribution in [0.4, 0.5) is 5.69 Å². The molecule has 0 saturated heterocycles. The second-order valence-electron chi connectivity index (χ2n) is 4.87. The fourth-order valence-electron chi connectivity index (χ4n) is 2.20. The van der Waals surface area contributed by atoms with E-state index < -0.39 is 0 Å². The van der Waals surface area contributed by atoms with Gasteiger partial charge in [-0.05, 0) is 24.6 Å². The number of nitrogens with one attached hydrogen (secondary N) is 1. The van der Waals surface area contributed by atoms with Crippen LogP contribution in [-0.2, 0) is 6.54 Å². The van der Waals surface area contributed by atoms with Crippen molar-refractivity contribution < 1.29 is 4.79 Å². The Morgan fingerprint density at radius 2 is 2.19 bits per heavy atom. The molecule has 0 atom stereocenters. The SMILES string of the molecule is Cc1cccc(CNC(=O)c2sc3cccnc3c2N)c1. The second kappa shape index (κ2) is 5.54. The van der Waals surface area contributed by atoms with Gasteiger partial charge in [-0.3, -0.25) is 9.78 Å². The number of nitrogen functional groups attached to an aromatic ring is 1. The lowest BCUT2D eigenvalue weighted by Crippen LogP contribution is -2.22. The highest BCUT2D eigenvalue weighted by Crippen LogP contribution is 2.31. The van der Waals surface area contributed by atoms with Crippen molar-refractivity contribution >= 4 is 33.1 Å². The van der Waals surface area contributed by atoms with Gasteiger partial charge in [-0.2, -0.15) is 0 Å². The van der Waals surface area contributed by atoms with E-state index in [1.807, 2.05) is 37.3 Å². The van der Waals surface area contributed by atoms with Crippen molar-refractivity contribution in [3.05, 3.63) is 58.6 Å². The van der Waals surface area contributed by atoms with Gasteiger partial charge in [0.1, 0.15) is 10.4 Å². The van der Waals surface area contributed by atoms with Crippen LogP contribution < -0.4 is 11.1 Å². The zero-order valence-electron chi connectivity index (χ0n) is 11.6. The van der Waals surface area contributed by atoms with Crippen LogP contribution in [-0.4, -0.2) is 10.9 Å². The Hall–Kier alpha value is -2.40. The van der Waals surface area contributed by atoms with Crippen LogP contribution in [0.25, 0.3) is 10.2 Å². The molecule has 1 aromatic carbocycles. The third-order valence-electron chi connectivity index (χ3n) is 3.22. The maximum Gasteiger partial charge on any atom is 0.263 e. The van der Waals surface area contributed by atoms with Gasteiger partial charge in [0, 0.05) is 12.7 Å². The zero-order chi connectivity index (χ0) is 14.8. The molecular weight excluding hydrogens is 282 g/mol. The predicted molar refractivity (Wildman–Crippen MR) is 86.4 cm³/mol. The summed E-state index contributed by atoms with van der Waals surface area (Å²) in [6.07, 6.45) is 1.68. The lowest BCUT2D eigenvalue weighted by Gasteiger charge is -2.05. The number of nitrogens with two attached hydrogens (primary N) is 1. The number of thiophene rings is 1. The maximum absolute atomic E-state index is 12.3. The van der Waals surface area contributed by atoms with Crippen molar-refractivity contribution in [1.29, 1.82) is 0 Å². The first-order chi connectivity index (χ1) is 10.1. The van der Waals surface area contributed by atoms with Crippen LogP contribution in [0.5, 0.6) is 0 Å². The van der Waals surface area contributed by atoms with Gasteiger partial charge in [0.2, 0.25) is 0 Å². The van der Waals surface area contributed by atoms with E-state index >= 15 is 0 Å². The molecule has 106 valence electrons. The number of aromatic nitrogens is 1. The van der Waals surface area contributed by atoms with E-state index in [4.69, 9.17) is 5.73 Å². The summed E-state index contributed by atoms with van der Waals surface area (Å²) >= 11 is 1.37. The molecule has 0 aliphatic carbocycles. The van der Waals surface area contributed by atoms with Crippen LogP contribution in [0.2, 0.25) is 0 Å². The number of carbonyl (C=O) groups excluding carboxylic acids is 1. The van der Waals surface area contributed by atoms with E-state index in [-0.39, 0.29) is 5.91 Å². The number of nitrogens with zero attached hydrogens (tertiary/aromatic N) is 1. The number of hydrogen-bond acceptors (Lipinski definition) is 4.